The van der Waals surface area contributed by atoms with Gasteiger partial charge >= 0.3 is 0 Å². The van der Waals surface area contributed by atoms with E-state index in [0.717, 1.165) is 6.42 Å². The summed E-state index contributed by atoms with van der Waals surface area (Å²) in [6, 6.07) is 6.66. The highest BCUT2D eigenvalue weighted by atomic mass is 14.1. The molecule has 76 valence electrons. The Morgan fingerprint density at radius 1 is 1.36 bits per heavy atom. The fraction of sp³-hybridized carbons (Fsp3) is 0.429. The van der Waals surface area contributed by atoms with Crippen LogP contribution in [-0.4, -0.2) is 0 Å². The van der Waals surface area contributed by atoms with Crippen LogP contribution in [-0.2, 0) is 6.42 Å². The third kappa shape index (κ3) is 2.73. The lowest BCUT2D eigenvalue weighted by Gasteiger charge is -2.13. The molecule has 1 atom stereocenters. The van der Waals surface area contributed by atoms with Gasteiger partial charge in [-0.1, -0.05) is 42.8 Å². The van der Waals surface area contributed by atoms with Gasteiger partial charge < -0.3 is 0 Å². The Balaban J connectivity index is 2.85. The molecule has 1 aromatic rings. The van der Waals surface area contributed by atoms with Crippen LogP contribution in [0.1, 0.15) is 30.5 Å². The normalized spacial score (nSPS) is 12.6. The number of hydrogen-bond acceptors (Lipinski definition) is 0. The molecule has 0 aromatic heterocycles. The minimum Gasteiger partial charge on any atom is -0.0999 e. The van der Waals surface area contributed by atoms with Crippen molar-refractivity contribution in [3.8, 4) is 0 Å². The summed E-state index contributed by atoms with van der Waals surface area (Å²) < 4.78 is 0. The second-order valence-electron chi connectivity index (χ2n) is 4.38. The van der Waals surface area contributed by atoms with Crippen molar-refractivity contribution in [3.63, 3.8) is 0 Å². The highest BCUT2D eigenvalue weighted by Gasteiger charge is 2.06. The standard InChI is InChI=1S/C14H20/c1-10(2)13(5)9-14-8-11(3)6-7-12(14)4/h6-8,13H,1,9H2,2-5H3. The first kappa shape index (κ1) is 11.0. The molecule has 0 bridgehead atoms. The molecule has 0 radical (unpaired) electrons. The molecule has 14 heavy (non-hydrogen) atoms. The topological polar surface area (TPSA) is 0 Å². The van der Waals surface area contributed by atoms with Gasteiger partial charge in [-0.25, -0.2) is 0 Å². The van der Waals surface area contributed by atoms with Crippen LogP contribution in [0.4, 0.5) is 0 Å². The number of hydrogen-bond donors (Lipinski definition) is 0. The third-order valence-corrected chi connectivity index (χ3v) is 2.87. The maximum absolute atomic E-state index is 4.00. The number of rotatable bonds is 3. The molecule has 0 amide bonds. The summed E-state index contributed by atoms with van der Waals surface area (Å²) in [7, 11) is 0. The molecule has 0 heterocycles. The van der Waals surface area contributed by atoms with Gasteiger partial charge in [0, 0.05) is 0 Å². The van der Waals surface area contributed by atoms with E-state index in [1.54, 1.807) is 0 Å². The second-order valence-corrected chi connectivity index (χ2v) is 4.38. The van der Waals surface area contributed by atoms with Crippen molar-refractivity contribution in [1.82, 2.24) is 0 Å². The van der Waals surface area contributed by atoms with Crippen molar-refractivity contribution < 1.29 is 0 Å². The predicted molar refractivity (Wildman–Crippen MR) is 63.6 cm³/mol. The first-order chi connectivity index (χ1) is 6.50. The summed E-state index contributed by atoms with van der Waals surface area (Å²) in [5, 5.41) is 0. The first-order valence-electron chi connectivity index (χ1n) is 5.22. The SMILES string of the molecule is C=C(C)C(C)Cc1cc(C)ccc1C. The van der Waals surface area contributed by atoms with Gasteiger partial charge in [0.1, 0.15) is 0 Å². The molecule has 1 rings (SSSR count). The van der Waals surface area contributed by atoms with Gasteiger partial charge in [-0.05, 0) is 44.2 Å². The van der Waals surface area contributed by atoms with Gasteiger partial charge in [0.25, 0.3) is 0 Å². The quantitative estimate of drug-likeness (QED) is 0.627. The van der Waals surface area contributed by atoms with Crippen molar-refractivity contribution in [1.29, 1.82) is 0 Å². The summed E-state index contributed by atoms with van der Waals surface area (Å²) in [5.74, 6) is 0.579. The van der Waals surface area contributed by atoms with Gasteiger partial charge in [0.05, 0.1) is 0 Å². The van der Waals surface area contributed by atoms with Crippen LogP contribution in [0.15, 0.2) is 30.4 Å². The van der Waals surface area contributed by atoms with E-state index in [9.17, 15) is 0 Å². The smallest absolute Gasteiger partial charge is 0.0197 e. The Labute approximate surface area is 87.7 Å². The monoisotopic (exact) mass is 188 g/mol. The van der Waals surface area contributed by atoms with E-state index < -0.39 is 0 Å². The van der Waals surface area contributed by atoms with Crippen LogP contribution in [0.2, 0.25) is 0 Å². The van der Waals surface area contributed by atoms with Gasteiger partial charge in [0.15, 0.2) is 0 Å². The van der Waals surface area contributed by atoms with E-state index in [0.29, 0.717) is 5.92 Å². The predicted octanol–water partition coefficient (Wildman–Crippen LogP) is 4.06. The van der Waals surface area contributed by atoms with Crippen molar-refractivity contribution in [2.45, 2.75) is 34.1 Å². The fourth-order valence-electron chi connectivity index (χ4n) is 1.52. The average Bonchev–Trinajstić information content (AvgIpc) is 2.11. The van der Waals surface area contributed by atoms with E-state index in [4.69, 9.17) is 0 Å². The van der Waals surface area contributed by atoms with Crippen LogP contribution in [0.5, 0.6) is 0 Å². The van der Waals surface area contributed by atoms with Crippen molar-refractivity contribution in [2.75, 3.05) is 0 Å². The lowest BCUT2D eigenvalue weighted by atomic mass is 9.92. The molecule has 0 aliphatic carbocycles. The van der Waals surface area contributed by atoms with Gasteiger partial charge in [-0.15, -0.1) is 0 Å². The Morgan fingerprint density at radius 3 is 2.57 bits per heavy atom. The minimum absolute atomic E-state index is 0.579. The summed E-state index contributed by atoms with van der Waals surface area (Å²) in [5.41, 5.74) is 5.47. The maximum atomic E-state index is 4.00. The summed E-state index contributed by atoms with van der Waals surface area (Å²) in [4.78, 5) is 0. The molecule has 0 fully saturated rings. The van der Waals surface area contributed by atoms with Crippen LogP contribution in [0.25, 0.3) is 0 Å². The summed E-state index contributed by atoms with van der Waals surface area (Å²) in [6.45, 7) is 12.7. The molecule has 0 spiro atoms. The molecule has 0 saturated carbocycles. The van der Waals surface area contributed by atoms with E-state index in [1.807, 2.05) is 0 Å². The van der Waals surface area contributed by atoms with Crippen LogP contribution in [0.3, 0.4) is 0 Å². The molecular weight excluding hydrogens is 168 g/mol. The largest absolute Gasteiger partial charge is 0.0999 e. The van der Waals surface area contributed by atoms with Crippen molar-refractivity contribution >= 4 is 0 Å². The number of aryl methyl sites for hydroxylation is 2. The van der Waals surface area contributed by atoms with Gasteiger partial charge in [-0.3, -0.25) is 0 Å². The Morgan fingerprint density at radius 2 is 2.00 bits per heavy atom. The van der Waals surface area contributed by atoms with Crippen molar-refractivity contribution in [3.05, 3.63) is 47.0 Å². The number of allylic oxidation sites excluding steroid dienone is 1. The zero-order chi connectivity index (χ0) is 10.7. The fourth-order valence-corrected chi connectivity index (χ4v) is 1.52. The van der Waals surface area contributed by atoms with Gasteiger partial charge in [0.2, 0.25) is 0 Å². The highest BCUT2D eigenvalue weighted by molar-refractivity contribution is 5.31. The molecule has 0 N–H and O–H groups in total. The molecule has 0 aliphatic heterocycles. The van der Waals surface area contributed by atoms with Gasteiger partial charge in [-0.2, -0.15) is 0 Å². The Kier molecular flexibility index (Phi) is 3.51. The Hall–Kier alpha value is -1.04. The molecule has 1 unspecified atom stereocenters. The molecule has 0 saturated heterocycles. The Bertz CT molecular complexity index is 334. The third-order valence-electron chi connectivity index (χ3n) is 2.87. The molecule has 0 aliphatic rings. The minimum atomic E-state index is 0.579. The summed E-state index contributed by atoms with van der Waals surface area (Å²) >= 11 is 0. The van der Waals surface area contributed by atoms with Crippen LogP contribution < -0.4 is 0 Å². The van der Waals surface area contributed by atoms with E-state index >= 15 is 0 Å². The molecule has 0 heteroatoms. The zero-order valence-corrected chi connectivity index (χ0v) is 9.72. The maximum Gasteiger partial charge on any atom is -0.0197 e. The van der Waals surface area contributed by atoms with Crippen LogP contribution >= 0.6 is 0 Å². The van der Waals surface area contributed by atoms with E-state index in [2.05, 4.69) is 52.5 Å². The summed E-state index contributed by atoms with van der Waals surface area (Å²) in [6.07, 6.45) is 1.11. The number of benzene rings is 1. The molecular formula is C14H20. The van der Waals surface area contributed by atoms with Crippen molar-refractivity contribution in [2.24, 2.45) is 5.92 Å². The zero-order valence-electron chi connectivity index (χ0n) is 9.72. The average molecular weight is 188 g/mol. The molecule has 1 aromatic carbocycles. The lowest BCUT2D eigenvalue weighted by molar-refractivity contribution is 0.677. The van der Waals surface area contributed by atoms with Crippen LogP contribution in [0, 0.1) is 19.8 Å². The second kappa shape index (κ2) is 4.45. The van der Waals surface area contributed by atoms with E-state index in [-0.39, 0.29) is 0 Å². The molecule has 0 nitrogen and oxygen atoms in total. The lowest BCUT2D eigenvalue weighted by Crippen LogP contribution is -2.02. The first-order valence-corrected chi connectivity index (χ1v) is 5.22. The highest BCUT2D eigenvalue weighted by Crippen LogP contribution is 2.18. The van der Waals surface area contributed by atoms with E-state index in [1.165, 1.54) is 22.3 Å².